The minimum absolute atomic E-state index is 0.475. The van der Waals surface area contributed by atoms with E-state index in [1.54, 1.807) is 18.4 Å². The number of nitrogens with zero attached hydrogens (tertiary/aromatic N) is 1. The largest absolute Gasteiger partial charge is 0.378 e. The van der Waals surface area contributed by atoms with Gasteiger partial charge in [0.15, 0.2) is 0 Å². The molecule has 0 amide bonds. The summed E-state index contributed by atoms with van der Waals surface area (Å²) in [4.78, 5) is 7.64. The van der Waals surface area contributed by atoms with E-state index in [1.807, 2.05) is 0 Å². The number of nitrogens with one attached hydrogen (secondary N) is 1. The highest BCUT2D eigenvalue weighted by Gasteiger charge is 2.10. The maximum Gasteiger partial charge on any atom is 0.144 e. The van der Waals surface area contributed by atoms with Crippen molar-refractivity contribution in [1.82, 2.24) is 9.97 Å². The van der Waals surface area contributed by atoms with Gasteiger partial charge in [-0.25, -0.2) is 4.98 Å². The molecule has 0 fully saturated rings. The number of hydrogen-bond acceptors (Lipinski definition) is 4. The Morgan fingerprint density at radius 1 is 1.53 bits per heavy atom. The molecule has 90 valence electrons. The van der Waals surface area contributed by atoms with E-state index in [2.05, 4.69) is 43.6 Å². The zero-order valence-corrected chi connectivity index (χ0v) is 12.6. The minimum Gasteiger partial charge on any atom is -0.378 e. The normalized spacial score (nSPS) is 10.8. The molecule has 0 aromatic carbocycles. The topological polar surface area (TPSA) is 37.9 Å². The van der Waals surface area contributed by atoms with Crippen LogP contribution in [0, 0.1) is 11.6 Å². The van der Waals surface area contributed by atoms with Crippen LogP contribution in [-0.2, 0) is 11.3 Å². The second-order valence-electron chi connectivity index (χ2n) is 3.58. The maximum absolute atomic E-state index is 5.23. The summed E-state index contributed by atoms with van der Waals surface area (Å²) in [5.41, 5.74) is 3.19. The minimum atomic E-state index is 0.475. The molecule has 0 saturated carbocycles. The Morgan fingerprint density at radius 3 is 2.88 bits per heavy atom. The number of halogens is 1. The predicted octanol–water partition coefficient (Wildman–Crippen LogP) is 4.09. The second kappa shape index (κ2) is 5.39. The average molecular weight is 331 g/mol. The van der Waals surface area contributed by atoms with Gasteiger partial charge >= 0.3 is 0 Å². The highest BCUT2D eigenvalue weighted by molar-refractivity contribution is 9.10. The Bertz CT molecular complexity index is 591. The highest BCUT2D eigenvalue weighted by atomic mass is 79.9. The van der Waals surface area contributed by atoms with Crippen LogP contribution in [0.15, 0.2) is 15.2 Å². The van der Waals surface area contributed by atoms with Crippen LogP contribution in [-0.4, -0.2) is 17.1 Å². The number of aryl methyl sites for hydroxylation is 1. The lowest BCUT2D eigenvalue weighted by molar-refractivity contribution is 0.181. The molecule has 2 aromatic rings. The van der Waals surface area contributed by atoms with Gasteiger partial charge in [-0.1, -0.05) is 12.2 Å². The SMILES string of the molecule is COCc1[nH]c(-c2cscc2C)nc(=S)c1Br. The van der Waals surface area contributed by atoms with Gasteiger partial charge in [-0.15, -0.1) is 0 Å². The van der Waals surface area contributed by atoms with E-state index < -0.39 is 0 Å². The lowest BCUT2D eigenvalue weighted by atomic mass is 10.2. The van der Waals surface area contributed by atoms with Crippen LogP contribution in [0.2, 0.25) is 0 Å². The maximum atomic E-state index is 5.23. The van der Waals surface area contributed by atoms with Crippen molar-refractivity contribution in [1.29, 1.82) is 0 Å². The fraction of sp³-hybridized carbons (Fsp3) is 0.273. The van der Waals surface area contributed by atoms with Gasteiger partial charge in [0.05, 0.1) is 16.8 Å². The average Bonchev–Trinajstić information content (AvgIpc) is 2.71. The number of aromatic amines is 1. The summed E-state index contributed by atoms with van der Waals surface area (Å²) in [6.07, 6.45) is 0. The summed E-state index contributed by atoms with van der Waals surface area (Å²) in [6, 6.07) is 0. The predicted molar refractivity (Wildman–Crippen MR) is 75.9 cm³/mol. The van der Waals surface area contributed by atoms with Crippen LogP contribution in [0.1, 0.15) is 11.3 Å². The van der Waals surface area contributed by atoms with E-state index in [9.17, 15) is 0 Å². The smallest absolute Gasteiger partial charge is 0.144 e. The van der Waals surface area contributed by atoms with E-state index in [4.69, 9.17) is 17.0 Å². The third-order valence-electron chi connectivity index (χ3n) is 2.33. The van der Waals surface area contributed by atoms with Crippen LogP contribution >= 0.6 is 39.5 Å². The van der Waals surface area contributed by atoms with E-state index in [-0.39, 0.29) is 0 Å². The Hall–Kier alpha value is -0.560. The molecule has 2 aromatic heterocycles. The van der Waals surface area contributed by atoms with Crippen molar-refractivity contribution in [3.8, 4) is 11.4 Å². The van der Waals surface area contributed by atoms with Crippen LogP contribution in [0.3, 0.4) is 0 Å². The third-order valence-corrected chi connectivity index (χ3v) is 4.61. The molecule has 0 spiro atoms. The van der Waals surface area contributed by atoms with Crippen molar-refractivity contribution in [2.75, 3.05) is 7.11 Å². The molecule has 0 aliphatic heterocycles. The quantitative estimate of drug-likeness (QED) is 0.861. The number of hydrogen-bond donors (Lipinski definition) is 1. The molecule has 0 unspecified atom stereocenters. The Morgan fingerprint density at radius 2 is 2.29 bits per heavy atom. The van der Waals surface area contributed by atoms with Crippen molar-refractivity contribution < 1.29 is 4.74 Å². The standard InChI is InChI=1S/C11H11BrN2OS2/c1-6-4-17-5-7(6)10-13-8(3-15-2)9(12)11(16)14-10/h4-5H,3H2,1-2H3,(H,13,14,16). The number of rotatable bonds is 3. The summed E-state index contributed by atoms with van der Waals surface area (Å²) >= 11 is 10.3. The van der Waals surface area contributed by atoms with Crippen molar-refractivity contribution >= 4 is 39.5 Å². The molecule has 3 nitrogen and oxygen atoms in total. The first kappa shape index (κ1) is 12.9. The van der Waals surface area contributed by atoms with Gasteiger partial charge in [0, 0.05) is 18.1 Å². The Labute approximate surface area is 117 Å². The molecule has 2 heterocycles. The summed E-state index contributed by atoms with van der Waals surface area (Å²) in [6.45, 7) is 2.53. The molecule has 17 heavy (non-hydrogen) atoms. The van der Waals surface area contributed by atoms with Gasteiger partial charge in [0.2, 0.25) is 0 Å². The summed E-state index contributed by atoms with van der Waals surface area (Å²) in [7, 11) is 1.65. The zero-order valence-electron chi connectivity index (χ0n) is 9.41. The van der Waals surface area contributed by atoms with E-state index in [0.717, 1.165) is 21.6 Å². The number of methoxy groups -OCH3 is 1. The molecule has 1 N–H and O–H groups in total. The van der Waals surface area contributed by atoms with Crippen LogP contribution in [0.4, 0.5) is 0 Å². The first-order valence-electron chi connectivity index (χ1n) is 4.94. The fourth-order valence-corrected chi connectivity index (χ4v) is 2.83. The van der Waals surface area contributed by atoms with Crippen molar-refractivity contribution in [2.45, 2.75) is 13.5 Å². The van der Waals surface area contributed by atoms with E-state index in [0.29, 0.717) is 11.2 Å². The van der Waals surface area contributed by atoms with Crippen LogP contribution in [0.25, 0.3) is 11.4 Å². The molecule has 0 aliphatic carbocycles. The van der Waals surface area contributed by atoms with Crippen molar-refractivity contribution in [2.24, 2.45) is 0 Å². The van der Waals surface area contributed by atoms with Gasteiger partial charge < -0.3 is 9.72 Å². The van der Waals surface area contributed by atoms with E-state index >= 15 is 0 Å². The summed E-state index contributed by atoms with van der Waals surface area (Å²) in [5.74, 6) is 0.795. The number of thiophene rings is 1. The second-order valence-corrected chi connectivity index (χ2v) is 5.51. The molecular weight excluding hydrogens is 320 g/mol. The molecule has 2 rings (SSSR count). The molecule has 0 radical (unpaired) electrons. The van der Waals surface area contributed by atoms with Gasteiger partial charge in [-0.2, -0.15) is 11.3 Å². The van der Waals surface area contributed by atoms with Gasteiger partial charge in [-0.3, -0.25) is 0 Å². The van der Waals surface area contributed by atoms with Crippen LogP contribution in [0.5, 0.6) is 0 Å². The molecule has 0 saturated heterocycles. The molecular formula is C11H11BrN2OS2. The number of H-pyrrole nitrogens is 1. The molecule has 6 heteroatoms. The highest BCUT2D eigenvalue weighted by Crippen LogP contribution is 2.26. The number of aromatic nitrogens is 2. The van der Waals surface area contributed by atoms with Gasteiger partial charge in [0.25, 0.3) is 0 Å². The zero-order chi connectivity index (χ0) is 12.4. The lowest BCUT2D eigenvalue weighted by Crippen LogP contribution is -1.99. The fourth-order valence-electron chi connectivity index (χ4n) is 1.48. The Balaban J connectivity index is 2.57. The third kappa shape index (κ3) is 2.65. The summed E-state index contributed by atoms with van der Waals surface area (Å²) in [5, 5.41) is 4.15. The molecule has 0 bridgehead atoms. The first-order chi connectivity index (χ1) is 8.13. The van der Waals surface area contributed by atoms with Crippen molar-refractivity contribution in [3.63, 3.8) is 0 Å². The van der Waals surface area contributed by atoms with Gasteiger partial charge in [0.1, 0.15) is 10.5 Å². The number of ether oxygens (including phenoxy) is 1. The lowest BCUT2D eigenvalue weighted by Gasteiger charge is -2.07. The Kier molecular flexibility index (Phi) is 4.09. The monoisotopic (exact) mass is 330 g/mol. The summed E-state index contributed by atoms with van der Waals surface area (Å²) < 4.78 is 6.48. The van der Waals surface area contributed by atoms with Crippen LogP contribution < -0.4 is 0 Å². The van der Waals surface area contributed by atoms with E-state index in [1.165, 1.54) is 5.56 Å². The molecule has 0 aliphatic rings. The van der Waals surface area contributed by atoms with Gasteiger partial charge in [-0.05, 0) is 33.8 Å². The molecule has 0 atom stereocenters. The van der Waals surface area contributed by atoms with Crippen molar-refractivity contribution in [3.05, 3.63) is 31.1 Å². The first-order valence-corrected chi connectivity index (χ1v) is 7.08.